The first-order chi connectivity index (χ1) is 5.00. The van der Waals surface area contributed by atoms with Crippen molar-refractivity contribution in [2.24, 2.45) is 0 Å². The molecule has 3 N–H and O–H groups in total. The Morgan fingerprint density at radius 3 is 1.73 bits per heavy atom. The van der Waals surface area contributed by atoms with E-state index in [0.29, 0.717) is 6.61 Å². The highest BCUT2D eigenvalue weighted by Gasteiger charge is 1.89. The van der Waals surface area contributed by atoms with Crippen LogP contribution in [-0.4, -0.2) is 34.2 Å². The Morgan fingerprint density at radius 2 is 1.64 bits per heavy atom. The van der Waals surface area contributed by atoms with Gasteiger partial charge in [0, 0.05) is 0 Å². The van der Waals surface area contributed by atoms with E-state index in [1.807, 2.05) is 6.92 Å². The van der Waals surface area contributed by atoms with E-state index < -0.39 is 12.3 Å². The maximum atomic E-state index is 9.54. The summed E-state index contributed by atoms with van der Waals surface area (Å²) < 4.78 is 4.11. The summed E-state index contributed by atoms with van der Waals surface area (Å²) in [5.74, 6) is 0. The van der Waals surface area contributed by atoms with Gasteiger partial charge < -0.3 is 20.1 Å². The van der Waals surface area contributed by atoms with Crippen LogP contribution in [0.2, 0.25) is 0 Å². The third-order valence-electron chi connectivity index (χ3n) is 0.430. The van der Waals surface area contributed by atoms with Gasteiger partial charge in [-0.05, 0) is 6.42 Å². The quantitative estimate of drug-likeness (QED) is 0.534. The largest absolute Gasteiger partial charge is 0.505 e. The number of hydrogen-bond donors (Lipinski definition) is 3. The Labute approximate surface area is 63.0 Å². The predicted molar refractivity (Wildman–Crippen MR) is 34.9 cm³/mol. The van der Waals surface area contributed by atoms with Gasteiger partial charge in [-0.1, -0.05) is 6.92 Å². The molecule has 0 aromatic rings. The van der Waals surface area contributed by atoms with Gasteiger partial charge in [-0.3, -0.25) is 0 Å². The van der Waals surface area contributed by atoms with Crippen molar-refractivity contribution < 1.29 is 29.6 Å². The van der Waals surface area contributed by atoms with Crippen molar-refractivity contribution in [3.63, 3.8) is 0 Å². The average Bonchev–Trinajstić information content (AvgIpc) is 1.82. The fraction of sp³-hybridized carbons (Fsp3) is 0.600. The highest BCUT2D eigenvalue weighted by molar-refractivity contribution is 5.56. The van der Waals surface area contributed by atoms with Gasteiger partial charge in [0.1, 0.15) is 0 Å². The summed E-state index contributed by atoms with van der Waals surface area (Å²) in [6.07, 6.45) is -2.28. The van der Waals surface area contributed by atoms with Crippen molar-refractivity contribution in [3.8, 4) is 0 Å². The van der Waals surface area contributed by atoms with Crippen LogP contribution in [0.1, 0.15) is 13.3 Å². The third kappa shape index (κ3) is 56.6. The van der Waals surface area contributed by atoms with Gasteiger partial charge >= 0.3 is 12.3 Å². The molecule has 0 aromatic heterocycles. The molecule has 0 saturated carbocycles. The molecular weight excluding hydrogens is 156 g/mol. The Hall–Kier alpha value is -1.46. The second kappa shape index (κ2) is 8.54. The molecule has 0 heterocycles. The summed E-state index contributed by atoms with van der Waals surface area (Å²) in [7, 11) is 0. The highest BCUT2D eigenvalue weighted by Crippen LogP contribution is 1.78. The summed E-state index contributed by atoms with van der Waals surface area (Å²) in [4.78, 5) is 18.1. The molecular formula is C5H10O6. The molecule has 0 aliphatic carbocycles. The van der Waals surface area contributed by atoms with Crippen LogP contribution in [0.5, 0.6) is 0 Å². The second-order valence-corrected chi connectivity index (χ2v) is 1.40. The molecule has 0 aromatic carbocycles. The average molecular weight is 166 g/mol. The van der Waals surface area contributed by atoms with Crippen LogP contribution in [0, 0.1) is 0 Å². The monoisotopic (exact) mass is 166 g/mol. The van der Waals surface area contributed by atoms with Crippen molar-refractivity contribution in [1.29, 1.82) is 0 Å². The van der Waals surface area contributed by atoms with Crippen LogP contribution in [0.25, 0.3) is 0 Å². The van der Waals surface area contributed by atoms with Gasteiger partial charge in [0.15, 0.2) is 0 Å². The Kier molecular flexibility index (Phi) is 9.50. The summed E-state index contributed by atoms with van der Waals surface area (Å²) in [5, 5.41) is 21.8. The van der Waals surface area contributed by atoms with E-state index >= 15 is 0 Å². The minimum atomic E-state index is -1.83. The van der Waals surface area contributed by atoms with Crippen LogP contribution < -0.4 is 0 Å². The first-order valence-electron chi connectivity index (χ1n) is 2.78. The summed E-state index contributed by atoms with van der Waals surface area (Å²) in [6, 6.07) is 0. The molecule has 0 spiro atoms. The number of rotatable bonds is 2. The van der Waals surface area contributed by atoms with E-state index in [0.717, 1.165) is 6.42 Å². The van der Waals surface area contributed by atoms with Gasteiger partial charge in [0.05, 0.1) is 6.61 Å². The fourth-order valence-corrected chi connectivity index (χ4v) is 0.189. The number of hydrogen-bond acceptors (Lipinski definition) is 3. The molecule has 0 fully saturated rings. The maximum Gasteiger partial charge on any atom is 0.505 e. The van der Waals surface area contributed by atoms with Gasteiger partial charge in [0.2, 0.25) is 0 Å². The first kappa shape index (κ1) is 12.2. The first-order valence-corrected chi connectivity index (χ1v) is 2.78. The Morgan fingerprint density at radius 1 is 1.27 bits per heavy atom. The molecule has 0 aliphatic heterocycles. The fourth-order valence-electron chi connectivity index (χ4n) is 0.189. The minimum absolute atomic E-state index is 0.301. The molecule has 11 heavy (non-hydrogen) atoms. The molecule has 0 rings (SSSR count). The van der Waals surface area contributed by atoms with Gasteiger partial charge in [0.25, 0.3) is 0 Å². The normalized spacial score (nSPS) is 7.36. The SMILES string of the molecule is CCCOC(=O)O.O=C(O)O. The molecule has 66 valence electrons. The summed E-state index contributed by atoms with van der Waals surface area (Å²) in [6.45, 7) is 2.15. The number of carboxylic acid groups (broad SMARTS) is 3. The van der Waals surface area contributed by atoms with Gasteiger partial charge in [-0.2, -0.15) is 0 Å². The molecule has 0 bridgehead atoms. The van der Waals surface area contributed by atoms with E-state index in [9.17, 15) is 4.79 Å². The number of ether oxygens (including phenoxy) is 1. The topological polar surface area (TPSA) is 104 Å². The van der Waals surface area contributed by atoms with Crippen molar-refractivity contribution in [1.82, 2.24) is 0 Å². The van der Waals surface area contributed by atoms with E-state index in [-0.39, 0.29) is 0 Å². The molecule has 0 saturated heterocycles. The second-order valence-electron chi connectivity index (χ2n) is 1.40. The number of carbonyl (C=O) groups is 2. The smallest absolute Gasteiger partial charge is 0.450 e. The van der Waals surface area contributed by atoms with E-state index in [1.165, 1.54) is 0 Å². The standard InChI is InChI=1S/C4H8O3.CH2O3/c1-2-3-7-4(5)6;2-1(3)4/h2-3H2,1H3,(H,5,6);(H2,2,3,4). The van der Waals surface area contributed by atoms with Crippen molar-refractivity contribution in [2.45, 2.75) is 13.3 Å². The Balaban J connectivity index is 0. The lowest BCUT2D eigenvalue weighted by Gasteiger charge is -1.91. The van der Waals surface area contributed by atoms with Crippen LogP contribution >= 0.6 is 0 Å². The zero-order chi connectivity index (χ0) is 9.28. The predicted octanol–water partition coefficient (Wildman–Crippen LogP) is 1.31. The van der Waals surface area contributed by atoms with Crippen molar-refractivity contribution in [3.05, 3.63) is 0 Å². The molecule has 0 aliphatic rings. The van der Waals surface area contributed by atoms with Crippen molar-refractivity contribution >= 4 is 12.3 Å². The molecule has 6 heteroatoms. The zero-order valence-electron chi connectivity index (χ0n) is 5.98. The van der Waals surface area contributed by atoms with Crippen LogP contribution in [0.4, 0.5) is 9.59 Å². The minimum Gasteiger partial charge on any atom is -0.450 e. The maximum absolute atomic E-state index is 9.54. The zero-order valence-corrected chi connectivity index (χ0v) is 5.98. The lowest BCUT2D eigenvalue weighted by molar-refractivity contribution is 0.0917. The Bertz CT molecular complexity index is 116. The van der Waals surface area contributed by atoms with E-state index in [4.69, 9.17) is 20.1 Å². The molecule has 0 radical (unpaired) electrons. The van der Waals surface area contributed by atoms with Crippen LogP contribution in [0.15, 0.2) is 0 Å². The molecule has 0 atom stereocenters. The van der Waals surface area contributed by atoms with Gasteiger partial charge in [-0.25, -0.2) is 9.59 Å². The van der Waals surface area contributed by atoms with Crippen molar-refractivity contribution in [2.75, 3.05) is 6.61 Å². The summed E-state index contributed by atoms with van der Waals surface area (Å²) >= 11 is 0. The van der Waals surface area contributed by atoms with Crippen LogP contribution in [-0.2, 0) is 4.74 Å². The molecule has 0 amide bonds. The lowest BCUT2D eigenvalue weighted by Crippen LogP contribution is -1.99. The highest BCUT2D eigenvalue weighted by atomic mass is 16.7. The third-order valence-corrected chi connectivity index (χ3v) is 0.430. The summed E-state index contributed by atoms with van der Waals surface area (Å²) in [5.41, 5.74) is 0. The van der Waals surface area contributed by atoms with Gasteiger partial charge in [-0.15, -0.1) is 0 Å². The lowest BCUT2D eigenvalue weighted by atomic mass is 10.5. The molecule has 0 unspecified atom stereocenters. The van der Waals surface area contributed by atoms with Crippen LogP contribution in [0.3, 0.4) is 0 Å². The molecule has 6 nitrogen and oxygen atoms in total. The van der Waals surface area contributed by atoms with E-state index in [2.05, 4.69) is 4.74 Å². The van der Waals surface area contributed by atoms with E-state index in [1.54, 1.807) is 0 Å².